The molecule has 0 amide bonds. The van der Waals surface area contributed by atoms with E-state index in [1.165, 1.54) is 81.6 Å². The van der Waals surface area contributed by atoms with E-state index in [-0.39, 0.29) is 0 Å². The highest BCUT2D eigenvalue weighted by Crippen LogP contribution is 2.47. The number of nitrogens with zero attached hydrogens (tertiary/aromatic N) is 2. The van der Waals surface area contributed by atoms with Gasteiger partial charge in [-0.15, -0.1) is 0 Å². The number of hydrogen-bond donors (Lipinski definition) is 0. The maximum Gasteiger partial charge on any atom is 0.0561 e. The summed E-state index contributed by atoms with van der Waals surface area (Å²) in [5.41, 5.74) is 13.7. The number of fused-ring (bicyclic) bond motifs is 11. The molecule has 0 aliphatic heterocycles. The lowest BCUT2D eigenvalue weighted by Crippen LogP contribution is -2.12. The standard InChI is InChI=1S/C64H42N2/c1-4-18-43(19-5-1)47-33-38-61(58(40-47)45-22-8-3-9-23-45)65(48-35-37-56-54-28-13-12-26-52(54)53-27-14-15-29-55(53)59(56)41-48)49-34-36-50(44-20-6-2-7-21-44)63(42-49)66-60-31-17-16-30-57(60)64-51-25-11-10-24-46(51)32-39-62(64)66/h1-42H. The Hall–Kier alpha value is -8.72. The third-order valence-corrected chi connectivity index (χ3v) is 13.5. The van der Waals surface area contributed by atoms with Crippen molar-refractivity contribution in [2.45, 2.75) is 0 Å². The third-order valence-electron chi connectivity index (χ3n) is 13.5. The van der Waals surface area contributed by atoms with Gasteiger partial charge in [0, 0.05) is 33.3 Å². The Bertz CT molecular complexity index is 3950. The van der Waals surface area contributed by atoms with Crippen LogP contribution in [0.4, 0.5) is 17.1 Å². The molecule has 66 heavy (non-hydrogen) atoms. The summed E-state index contributed by atoms with van der Waals surface area (Å²) in [6, 6.07) is 93.5. The van der Waals surface area contributed by atoms with Crippen LogP contribution in [0.25, 0.3) is 104 Å². The van der Waals surface area contributed by atoms with Crippen molar-refractivity contribution in [3.05, 3.63) is 255 Å². The van der Waals surface area contributed by atoms with Crippen LogP contribution in [0.5, 0.6) is 0 Å². The molecule has 308 valence electrons. The Balaban J connectivity index is 1.14. The second-order valence-electron chi connectivity index (χ2n) is 17.2. The SMILES string of the molecule is c1ccc(-c2ccc(N(c3ccc(-c4ccccc4)c(-n4c5ccccc5c5c6ccccc6ccc54)c3)c3ccc4c5ccccc5c5ccccc5c4c3)c(-c3ccccc3)c2)cc1. The fourth-order valence-corrected chi connectivity index (χ4v) is 10.6. The zero-order valence-corrected chi connectivity index (χ0v) is 36.1. The van der Waals surface area contributed by atoms with Gasteiger partial charge in [-0.3, -0.25) is 0 Å². The minimum atomic E-state index is 1.06. The van der Waals surface area contributed by atoms with Crippen LogP contribution in [0.2, 0.25) is 0 Å². The van der Waals surface area contributed by atoms with E-state index < -0.39 is 0 Å². The number of hydrogen-bond acceptors (Lipinski definition) is 1. The molecule has 1 heterocycles. The van der Waals surface area contributed by atoms with Crippen LogP contribution in [0.15, 0.2) is 255 Å². The smallest absolute Gasteiger partial charge is 0.0561 e. The molecule has 0 fully saturated rings. The van der Waals surface area contributed by atoms with Crippen LogP contribution in [-0.4, -0.2) is 4.57 Å². The molecular weight excluding hydrogens is 797 g/mol. The molecule has 0 bridgehead atoms. The predicted octanol–water partition coefficient (Wildman–Crippen LogP) is 17.9. The van der Waals surface area contributed by atoms with Gasteiger partial charge < -0.3 is 9.47 Å². The van der Waals surface area contributed by atoms with E-state index in [0.717, 1.165) is 39.4 Å². The summed E-state index contributed by atoms with van der Waals surface area (Å²) >= 11 is 0. The van der Waals surface area contributed by atoms with Gasteiger partial charge in [-0.1, -0.05) is 206 Å². The second-order valence-corrected chi connectivity index (χ2v) is 17.2. The fourth-order valence-electron chi connectivity index (χ4n) is 10.6. The molecule has 13 aromatic rings. The van der Waals surface area contributed by atoms with Crippen LogP contribution in [0.1, 0.15) is 0 Å². The summed E-state index contributed by atoms with van der Waals surface area (Å²) in [6.07, 6.45) is 0. The highest BCUT2D eigenvalue weighted by atomic mass is 15.1. The van der Waals surface area contributed by atoms with Gasteiger partial charge in [0.05, 0.1) is 22.4 Å². The van der Waals surface area contributed by atoms with Crippen LogP contribution >= 0.6 is 0 Å². The number of anilines is 3. The van der Waals surface area contributed by atoms with Gasteiger partial charge in [0.15, 0.2) is 0 Å². The Morgan fingerprint density at radius 3 is 1.47 bits per heavy atom. The zero-order chi connectivity index (χ0) is 43.6. The van der Waals surface area contributed by atoms with E-state index in [0.29, 0.717) is 0 Å². The topological polar surface area (TPSA) is 8.17 Å². The average molecular weight is 839 g/mol. The normalized spacial score (nSPS) is 11.6. The molecule has 0 atom stereocenters. The van der Waals surface area contributed by atoms with Crippen molar-refractivity contribution in [3.63, 3.8) is 0 Å². The lowest BCUT2D eigenvalue weighted by atomic mass is 9.93. The van der Waals surface area contributed by atoms with E-state index in [1.807, 2.05) is 0 Å². The first-order valence-electron chi connectivity index (χ1n) is 22.8. The van der Waals surface area contributed by atoms with Crippen LogP contribution in [0, 0.1) is 0 Å². The molecule has 0 saturated heterocycles. The molecule has 2 nitrogen and oxygen atoms in total. The monoisotopic (exact) mass is 838 g/mol. The first-order valence-corrected chi connectivity index (χ1v) is 22.8. The second kappa shape index (κ2) is 15.5. The highest BCUT2D eigenvalue weighted by molar-refractivity contribution is 6.26. The molecule has 0 aliphatic rings. The number of aromatic nitrogens is 1. The lowest BCUT2D eigenvalue weighted by Gasteiger charge is -2.30. The molecule has 0 N–H and O–H groups in total. The van der Waals surface area contributed by atoms with Crippen molar-refractivity contribution in [2.75, 3.05) is 4.90 Å². The lowest BCUT2D eigenvalue weighted by molar-refractivity contribution is 1.17. The van der Waals surface area contributed by atoms with E-state index in [2.05, 4.69) is 264 Å². The Kier molecular flexibility index (Phi) is 8.89. The van der Waals surface area contributed by atoms with Gasteiger partial charge >= 0.3 is 0 Å². The Morgan fingerprint density at radius 2 is 0.788 bits per heavy atom. The molecule has 0 aliphatic carbocycles. The fraction of sp³-hybridized carbons (Fsp3) is 0. The largest absolute Gasteiger partial charge is 0.310 e. The van der Waals surface area contributed by atoms with E-state index in [9.17, 15) is 0 Å². The van der Waals surface area contributed by atoms with E-state index >= 15 is 0 Å². The summed E-state index contributed by atoms with van der Waals surface area (Å²) in [6.45, 7) is 0. The van der Waals surface area contributed by atoms with Gasteiger partial charge in [-0.05, 0) is 114 Å². The minimum Gasteiger partial charge on any atom is -0.310 e. The average Bonchev–Trinajstić information content (AvgIpc) is 3.74. The minimum absolute atomic E-state index is 1.06. The first kappa shape index (κ1) is 37.8. The summed E-state index contributed by atoms with van der Waals surface area (Å²) in [7, 11) is 0. The molecule has 0 radical (unpaired) electrons. The van der Waals surface area contributed by atoms with Crippen molar-refractivity contribution in [2.24, 2.45) is 0 Å². The van der Waals surface area contributed by atoms with Crippen molar-refractivity contribution in [3.8, 4) is 39.1 Å². The summed E-state index contributed by atoms with van der Waals surface area (Å²) in [5, 5.41) is 12.5. The highest BCUT2D eigenvalue weighted by Gasteiger charge is 2.24. The van der Waals surface area contributed by atoms with Gasteiger partial charge in [0.2, 0.25) is 0 Å². The Morgan fingerprint density at radius 1 is 0.273 bits per heavy atom. The number of para-hydroxylation sites is 1. The molecule has 0 saturated carbocycles. The van der Waals surface area contributed by atoms with Crippen LogP contribution < -0.4 is 4.90 Å². The molecule has 2 heteroatoms. The zero-order valence-electron chi connectivity index (χ0n) is 36.1. The summed E-state index contributed by atoms with van der Waals surface area (Å²) in [5.74, 6) is 0. The van der Waals surface area contributed by atoms with Crippen molar-refractivity contribution in [1.82, 2.24) is 4.57 Å². The molecule has 0 unspecified atom stereocenters. The Labute approximate surface area is 383 Å². The quantitative estimate of drug-likeness (QED) is 0.145. The molecule has 0 spiro atoms. The van der Waals surface area contributed by atoms with Crippen molar-refractivity contribution in [1.29, 1.82) is 0 Å². The van der Waals surface area contributed by atoms with Gasteiger partial charge in [0.1, 0.15) is 0 Å². The predicted molar refractivity (Wildman–Crippen MR) is 282 cm³/mol. The maximum atomic E-state index is 2.50. The molecule has 12 aromatic carbocycles. The third kappa shape index (κ3) is 6.11. The summed E-state index contributed by atoms with van der Waals surface area (Å²) in [4.78, 5) is 2.49. The van der Waals surface area contributed by atoms with Crippen molar-refractivity contribution < 1.29 is 0 Å². The van der Waals surface area contributed by atoms with Gasteiger partial charge in [-0.25, -0.2) is 0 Å². The van der Waals surface area contributed by atoms with Crippen molar-refractivity contribution >= 4 is 82.0 Å². The summed E-state index contributed by atoms with van der Waals surface area (Å²) < 4.78 is 2.50. The molecular formula is C64H42N2. The van der Waals surface area contributed by atoms with Crippen LogP contribution in [-0.2, 0) is 0 Å². The first-order chi connectivity index (χ1) is 32.8. The van der Waals surface area contributed by atoms with E-state index in [1.54, 1.807) is 0 Å². The van der Waals surface area contributed by atoms with Gasteiger partial charge in [0.25, 0.3) is 0 Å². The van der Waals surface area contributed by atoms with Crippen LogP contribution in [0.3, 0.4) is 0 Å². The number of benzene rings is 12. The molecule has 13 rings (SSSR count). The van der Waals surface area contributed by atoms with E-state index in [4.69, 9.17) is 0 Å². The van der Waals surface area contributed by atoms with Gasteiger partial charge in [-0.2, -0.15) is 0 Å². The molecule has 1 aromatic heterocycles. The number of rotatable bonds is 7. The maximum absolute atomic E-state index is 2.50.